The van der Waals surface area contributed by atoms with Crippen molar-refractivity contribution in [3.63, 3.8) is 0 Å². The maximum absolute atomic E-state index is 13.0. The lowest BCUT2D eigenvalue weighted by Gasteiger charge is -2.28. The maximum atomic E-state index is 13.0. The smallest absolute Gasteiger partial charge is 0.324 e. The summed E-state index contributed by atoms with van der Waals surface area (Å²) in [4.78, 5) is 12.6. The van der Waals surface area contributed by atoms with Gasteiger partial charge in [-0.15, -0.1) is 0 Å². The average molecular weight is 414 g/mol. The number of carbonyl (C=O) groups is 1. The van der Waals surface area contributed by atoms with E-state index in [1.165, 1.54) is 13.0 Å². The van der Waals surface area contributed by atoms with Crippen LogP contribution < -0.4 is 9.62 Å². The topological polar surface area (TPSA) is 66.5 Å². The van der Waals surface area contributed by atoms with Crippen LogP contribution in [-0.2, 0) is 27.4 Å². The molecular formula is C19H21F3N2O3S. The fraction of sp³-hybridized carbons (Fsp3) is 0.316. The molecule has 0 spiro atoms. The van der Waals surface area contributed by atoms with Gasteiger partial charge in [0, 0.05) is 5.69 Å². The second-order valence-corrected chi connectivity index (χ2v) is 8.18. The molecule has 0 aliphatic carbocycles. The summed E-state index contributed by atoms with van der Waals surface area (Å²) >= 11 is 0. The first-order valence-corrected chi connectivity index (χ1v) is 10.3. The molecule has 0 aromatic heterocycles. The van der Waals surface area contributed by atoms with Crippen LogP contribution in [0.2, 0.25) is 0 Å². The summed E-state index contributed by atoms with van der Waals surface area (Å²) in [5, 5.41) is 2.59. The Morgan fingerprint density at radius 1 is 1.14 bits per heavy atom. The summed E-state index contributed by atoms with van der Waals surface area (Å²) in [5.74, 6) is -0.660. The minimum absolute atomic E-state index is 0.235. The Balaban J connectivity index is 2.33. The van der Waals surface area contributed by atoms with E-state index in [4.69, 9.17) is 0 Å². The van der Waals surface area contributed by atoms with E-state index in [2.05, 4.69) is 5.32 Å². The number of rotatable bonds is 6. The van der Waals surface area contributed by atoms with Crippen LogP contribution in [-0.4, -0.2) is 26.6 Å². The molecule has 152 valence electrons. The van der Waals surface area contributed by atoms with Crippen LogP contribution in [0.3, 0.4) is 0 Å². The van der Waals surface area contributed by atoms with Gasteiger partial charge in [-0.2, -0.15) is 13.2 Å². The number of aryl methyl sites for hydroxylation is 1. The van der Waals surface area contributed by atoms with Crippen LogP contribution in [0.25, 0.3) is 0 Å². The highest BCUT2D eigenvalue weighted by atomic mass is 32.2. The van der Waals surface area contributed by atoms with E-state index in [1.54, 1.807) is 12.1 Å². The molecule has 0 fully saturated rings. The van der Waals surface area contributed by atoms with E-state index in [0.29, 0.717) is 16.1 Å². The number of nitrogens with one attached hydrogen (secondary N) is 1. The molecular weight excluding hydrogens is 393 g/mol. The van der Waals surface area contributed by atoms with Gasteiger partial charge >= 0.3 is 6.18 Å². The van der Waals surface area contributed by atoms with E-state index < -0.39 is 33.7 Å². The predicted molar refractivity (Wildman–Crippen MR) is 103 cm³/mol. The molecule has 1 amide bonds. The lowest BCUT2D eigenvalue weighted by atomic mass is 10.1. The zero-order valence-corrected chi connectivity index (χ0v) is 16.4. The molecule has 0 bridgehead atoms. The molecule has 9 heteroatoms. The van der Waals surface area contributed by atoms with Gasteiger partial charge < -0.3 is 5.32 Å². The summed E-state index contributed by atoms with van der Waals surface area (Å²) < 4.78 is 64.1. The van der Waals surface area contributed by atoms with E-state index in [0.717, 1.165) is 30.4 Å². The molecule has 0 heterocycles. The molecule has 2 rings (SSSR count). The highest BCUT2D eigenvalue weighted by Crippen LogP contribution is 2.33. The largest absolute Gasteiger partial charge is 0.416 e. The SMILES string of the molecule is CCc1ccc(NC(=O)[C@@H](C)N(c2cccc(C(F)(F)F)c2)S(C)(=O)=O)cc1. The van der Waals surface area contributed by atoms with Crippen molar-refractivity contribution in [2.45, 2.75) is 32.5 Å². The van der Waals surface area contributed by atoms with Crippen LogP contribution in [0.15, 0.2) is 48.5 Å². The number of hydrogen-bond donors (Lipinski definition) is 1. The Bertz CT molecular complexity index is 942. The molecule has 1 N–H and O–H groups in total. The number of sulfonamides is 1. The lowest BCUT2D eigenvalue weighted by molar-refractivity contribution is -0.137. The van der Waals surface area contributed by atoms with E-state index in [9.17, 15) is 26.4 Å². The lowest BCUT2D eigenvalue weighted by Crippen LogP contribution is -2.45. The van der Waals surface area contributed by atoms with Crippen LogP contribution in [0.4, 0.5) is 24.5 Å². The van der Waals surface area contributed by atoms with Gasteiger partial charge in [0.1, 0.15) is 6.04 Å². The third kappa shape index (κ3) is 5.25. The summed E-state index contributed by atoms with van der Waals surface area (Å²) in [6, 6.07) is 9.61. The van der Waals surface area contributed by atoms with Crippen molar-refractivity contribution in [2.75, 3.05) is 15.9 Å². The van der Waals surface area contributed by atoms with E-state index in [1.807, 2.05) is 19.1 Å². The molecule has 0 aliphatic heterocycles. The van der Waals surface area contributed by atoms with Gasteiger partial charge in [-0.1, -0.05) is 25.1 Å². The molecule has 1 atom stereocenters. The first kappa shape index (κ1) is 21.7. The van der Waals surface area contributed by atoms with Crippen molar-refractivity contribution in [2.24, 2.45) is 0 Å². The quantitative estimate of drug-likeness (QED) is 0.775. The number of benzene rings is 2. The van der Waals surface area contributed by atoms with Gasteiger partial charge in [0.15, 0.2) is 0 Å². The van der Waals surface area contributed by atoms with Gasteiger partial charge in [0.25, 0.3) is 0 Å². The van der Waals surface area contributed by atoms with Crippen molar-refractivity contribution >= 4 is 27.3 Å². The Morgan fingerprint density at radius 3 is 2.25 bits per heavy atom. The zero-order chi connectivity index (χ0) is 21.1. The molecule has 0 aliphatic rings. The van der Waals surface area contributed by atoms with Crippen LogP contribution >= 0.6 is 0 Å². The van der Waals surface area contributed by atoms with Gasteiger partial charge in [-0.25, -0.2) is 8.42 Å². The third-order valence-electron chi connectivity index (χ3n) is 4.15. The monoisotopic (exact) mass is 414 g/mol. The molecule has 0 saturated carbocycles. The summed E-state index contributed by atoms with van der Waals surface area (Å²) in [6.45, 7) is 3.30. The zero-order valence-electron chi connectivity index (χ0n) is 15.6. The number of amides is 1. The van der Waals surface area contributed by atoms with Crippen LogP contribution in [0.1, 0.15) is 25.0 Å². The standard InChI is InChI=1S/C19H21F3N2O3S/c1-4-14-8-10-16(11-9-14)23-18(25)13(2)24(28(3,26)27)17-7-5-6-15(12-17)19(20,21)22/h5-13H,4H2,1-3H3,(H,23,25)/t13-/m1/s1. The number of carbonyl (C=O) groups excluding carboxylic acids is 1. The first-order valence-electron chi connectivity index (χ1n) is 8.50. The minimum Gasteiger partial charge on any atom is -0.324 e. The highest BCUT2D eigenvalue weighted by molar-refractivity contribution is 7.92. The number of nitrogens with zero attached hydrogens (tertiary/aromatic N) is 1. The van der Waals surface area contributed by atoms with Crippen LogP contribution in [0, 0.1) is 0 Å². The van der Waals surface area contributed by atoms with Crippen LogP contribution in [0.5, 0.6) is 0 Å². The van der Waals surface area contributed by atoms with Crippen molar-refractivity contribution in [3.8, 4) is 0 Å². The minimum atomic E-state index is -4.63. The maximum Gasteiger partial charge on any atom is 0.416 e. The summed E-state index contributed by atoms with van der Waals surface area (Å²) in [7, 11) is -4.02. The second kappa shape index (κ2) is 8.22. The fourth-order valence-electron chi connectivity index (χ4n) is 2.70. The number of alkyl halides is 3. The summed E-state index contributed by atoms with van der Waals surface area (Å²) in [6.07, 6.45) is -2.97. The van der Waals surface area contributed by atoms with E-state index in [-0.39, 0.29) is 5.69 Å². The Kier molecular flexibility index (Phi) is 6.38. The Hall–Kier alpha value is -2.55. The molecule has 0 radical (unpaired) electrons. The number of halogens is 3. The predicted octanol–water partition coefficient (Wildman–Crippen LogP) is 4.06. The van der Waals surface area contributed by atoms with Crippen molar-refractivity contribution in [1.29, 1.82) is 0 Å². The number of anilines is 2. The van der Waals surface area contributed by atoms with Crippen molar-refractivity contribution in [1.82, 2.24) is 0 Å². The molecule has 0 saturated heterocycles. The van der Waals surface area contributed by atoms with Crippen molar-refractivity contribution in [3.05, 3.63) is 59.7 Å². The van der Waals surface area contributed by atoms with Gasteiger partial charge in [-0.05, 0) is 49.2 Å². The molecule has 2 aromatic carbocycles. The second-order valence-electron chi connectivity index (χ2n) is 6.32. The number of hydrogen-bond acceptors (Lipinski definition) is 3. The third-order valence-corrected chi connectivity index (χ3v) is 5.39. The van der Waals surface area contributed by atoms with Crippen molar-refractivity contribution < 1.29 is 26.4 Å². The van der Waals surface area contributed by atoms with Gasteiger partial charge in [0.05, 0.1) is 17.5 Å². The fourth-order valence-corrected chi connectivity index (χ4v) is 3.87. The summed E-state index contributed by atoms with van der Waals surface area (Å²) in [5.41, 5.74) is 0.294. The van der Waals surface area contributed by atoms with E-state index >= 15 is 0 Å². The molecule has 28 heavy (non-hydrogen) atoms. The Morgan fingerprint density at radius 2 is 1.75 bits per heavy atom. The van der Waals surface area contributed by atoms with Gasteiger partial charge in [0.2, 0.25) is 15.9 Å². The normalized spacial score (nSPS) is 13.1. The molecule has 0 unspecified atom stereocenters. The first-order chi connectivity index (χ1) is 12.9. The molecule has 2 aromatic rings. The highest BCUT2D eigenvalue weighted by Gasteiger charge is 2.34. The van der Waals surface area contributed by atoms with Gasteiger partial charge in [-0.3, -0.25) is 9.10 Å². The average Bonchev–Trinajstić information content (AvgIpc) is 2.60. The Labute approximate surface area is 162 Å². The molecule has 5 nitrogen and oxygen atoms in total.